The molecule has 0 aliphatic rings. The molecule has 0 rings (SSSR count). The highest BCUT2D eigenvalue weighted by molar-refractivity contribution is 4.53. The van der Waals surface area contributed by atoms with Gasteiger partial charge < -0.3 is 4.74 Å². The highest BCUT2D eigenvalue weighted by Gasteiger charge is 2.03. The van der Waals surface area contributed by atoms with Crippen molar-refractivity contribution in [1.29, 1.82) is 0 Å². The van der Waals surface area contributed by atoms with Crippen LogP contribution in [0.2, 0.25) is 0 Å². The van der Waals surface area contributed by atoms with Crippen LogP contribution in [0.1, 0.15) is 52.9 Å². The summed E-state index contributed by atoms with van der Waals surface area (Å²) in [6, 6.07) is 0. The largest absolute Gasteiger partial charge is 0.378 e. The molecule has 1 atom stereocenters. The summed E-state index contributed by atoms with van der Waals surface area (Å²) in [6.45, 7) is 7.57. The summed E-state index contributed by atoms with van der Waals surface area (Å²) in [5.74, 6) is 0. The lowest BCUT2D eigenvalue weighted by Crippen LogP contribution is -2.11. The molecule has 0 aliphatic heterocycles. The van der Waals surface area contributed by atoms with Gasteiger partial charge in [-0.3, -0.25) is 0 Å². The van der Waals surface area contributed by atoms with Crippen molar-refractivity contribution in [2.24, 2.45) is 0 Å². The van der Waals surface area contributed by atoms with Crippen molar-refractivity contribution >= 4 is 0 Å². The summed E-state index contributed by atoms with van der Waals surface area (Å²) in [5, 5.41) is 0. The molecule has 0 aromatic rings. The van der Waals surface area contributed by atoms with Gasteiger partial charge >= 0.3 is 0 Å². The Bertz CT molecular complexity index is 71.3. The number of rotatable bonds is 7. The van der Waals surface area contributed by atoms with E-state index in [2.05, 4.69) is 20.8 Å². The highest BCUT2D eigenvalue weighted by Crippen LogP contribution is 2.06. The Hall–Kier alpha value is -0.0400. The second-order valence-electron chi connectivity index (χ2n) is 3.04. The van der Waals surface area contributed by atoms with Crippen LogP contribution in [0.3, 0.4) is 0 Å². The maximum absolute atomic E-state index is 5.67. The predicted molar refractivity (Wildman–Crippen MR) is 49.8 cm³/mol. The molecule has 0 unspecified atom stereocenters. The van der Waals surface area contributed by atoms with Crippen LogP contribution >= 0.6 is 0 Å². The van der Waals surface area contributed by atoms with E-state index >= 15 is 0 Å². The van der Waals surface area contributed by atoms with Gasteiger partial charge in [-0.05, 0) is 19.3 Å². The molecule has 0 aliphatic carbocycles. The molecule has 0 saturated carbocycles. The Morgan fingerprint density at radius 1 is 1.09 bits per heavy atom. The Morgan fingerprint density at radius 2 is 1.82 bits per heavy atom. The molecule has 0 fully saturated rings. The SMILES string of the molecule is CCCCO[C@@H](CC)CCC. The van der Waals surface area contributed by atoms with Crippen molar-refractivity contribution in [3.63, 3.8) is 0 Å². The summed E-state index contributed by atoms with van der Waals surface area (Å²) >= 11 is 0. The topological polar surface area (TPSA) is 9.23 Å². The molecule has 0 saturated heterocycles. The zero-order chi connectivity index (χ0) is 8.53. The number of ether oxygens (including phenoxy) is 1. The van der Waals surface area contributed by atoms with Gasteiger partial charge in [-0.1, -0.05) is 33.6 Å². The van der Waals surface area contributed by atoms with Gasteiger partial charge in [0.25, 0.3) is 0 Å². The molecule has 0 aromatic carbocycles. The van der Waals surface area contributed by atoms with Crippen molar-refractivity contribution in [3.8, 4) is 0 Å². The molecule has 1 heteroatoms. The Kier molecular flexibility index (Phi) is 8.03. The second kappa shape index (κ2) is 8.06. The molecule has 0 amide bonds. The molecule has 0 heterocycles. The van der Waals surface area contributed by atoms with Crippen LogP contribution < -0.4 is 0 Å². The van der Waals surface area contributed by atoms with Crippen molar-refractivity contribution in [3.05, 3.63) is 0 Å². The number of hydrogen-bond acceptors (Lipinski definition) is 1. The first-order valence-corrected chi connectivity index (χ1v) is 4.96. The fourth-order valence-electron chi connectivity index (χ4n) is 1.12. The molecule has 0 radical (unpaired) electrons. The summed E-state index contributed by atoms with van der Waals surface area (Å²) in [7, 11) is 0. The van der Waals surface area contributed by atoms with Crippen LogP contribution in [-0.4, -0.2) is 12.7 Å². The number of unbranched alkanes of at least 4 members (excludes halogenated alkanes) is 1. The van der Waals surface area contributed by atoms with Crippen LogP contribution in [0.15, 0.2) is 0 Å². The predicted octanol–water partition coefficient (Wildman–Crippen LogP) is 3.38. The standard InChI is InChI=1S/C10H22O/c1-4-7-9-11-10(6-3)8-5-2/h10H,4-9H2,1-3H3/t10-/m0/s1. The smallest absolute Gasteiger partial charge is 0.0572 e. The van der Waals surface area contributed by atoms with Gasteiger partial charge in [0.1, 0.15) is 0 Å². The molecule has 0 spiro atoms. The average Bonchev–Trinajstić information content (AvgIpc) is 2.03. The second-order valence-corrected chi connectivity index (χ2v) is 3.04. The summed E-state index contributed by atoms with van der Waals surface area (Å²) in [6.07, 6.45) is 6.59. The quantitative estimate of drug-likeness (QED) is 0.516. The number of hydrogen-bond donors (Lipinski definition) is 0. The molecular weight excluding hydrogens is 136 g/mol. The summed E-state index contributed by atoms with van der Waals surface area (Å²) in [5.41, 5.74) is 0. The maximum atomic E-state index is 5.67. The molecule has 11 heavy (non-hydrogen) atoms. The van der Waals surface area contributed by atoms with Crippen LogP contribution in [0, 0.1) is 0 Å². The van der Waals surface area contributed by atoms with Crippen LogP contribution in [0.5, 0.6) is 0 Å². The molecule has 1 nitrogen and oxygen atoms in total. The lowest BCUT2D eigenvalue weighted by atomic mass is 10.1. The fraction of sp³-hybridized carbons (Fsp3) is 1.00. The van der Waals surface area contributed by atoms with E-state index in [0.29, 0.717) is 6.10 Å². The van der Waals surface area contributed by atoms with Gasteiger partial charge in [0.2, 0.25) is 0 Å². The Morgan fingerprint density at radius 3 is 2.27 bits per heavy atom. The minimum atomic E-state index is 0.520. The Balaban J connectivity index is 3.20. The third-order valence-electron chi connectivity index (χ3n) is 1.92. The van der Waals surface area contributed by atoms with Crippen molar-refractivity contribution in [2.75, 3.05) is 6.61 Å². The van der Waals surface area contributed by atoms with E-state index in [1.54, 1.807) is 0 Å². The van der Waals surface area contributed by atoms with Gasteiger partial charge in [0.15, 0.2) is 0 Å². The summed E-state index contributed by atoms with van der Waals surface area (Å²) in [4.78, 5) is 0. The van der Waals surface area contributed by atoms with Crippen LogP contribution in [-0.2, 0) is 4.74 Å². The van der Waals surface area contributed by atoms with Gasteiger partial charge in [0.05, 0.1) is 6.10 Å². The fourth-order valence-corrected chi connectivity index (χ4v) is 1.12. The lowest BCUT2D eigenvalue weighted by Gasteiger charge is -2.14. The monoisotopic (exact) mass is 158 g/mol. The van der Waals surface area contributed by atoms with E-state index in [9.17, 15) is 0 Å². The lowest BCUT2D eigenvalue weighted by molar-refractivity contribution is 0.0427. The molecular formula is C10H22O. The van der Waals surface area contributed by atoms with E-state index in [1.807, 2.05) is 0 Å². The maximum Gasteiger partial charge on any atom is 0.0572 e. The zero-order valence-corrected chi connectivity index (χ0v) is 8.23. The first kappa shape index (κ1) is 11.0. The Labute approximate surface area is 71.1 Å². The molecule has 0 bridgehead atoms. The van der Waals surface area contributed by atoms with Gasteiger partial charge in [-0.15, -0.1) is 0 Å². The van der Waals surface area contributed by atoms with Crippen molar-refractivity contribution in [2.45, 2.75) is 59.0 Å². The van der Waals surface area contributed by atoms with E-state index in [0.717, 1.165) is 13.0 Å². The normalized spacial score (nSPS) is 13.4. The average molecular weight is 158 g/mol. The third kappa shape index (κ3) is 6.36. The van der Waals surface area contributed by atoms with Crippen LogP contribution in [0.4, 0.5) is 0 Å². The van der Waals surface area contributed by atoms with Crippen LogP contribution in [0.25, 0.3) is 0 Å². The summed E-state index contributed by atoms with van der Waals surface area (Å²) < 4.78 is 5.67. The van der Waals surface area contributed by atoms with Crippen molar-refractivity contribution in [1.82, 2.24) is 0 Å². The molecule has 0 aromatic heterocycles. The van der Waals surface area contributed by atoms with Gasteiger partial charge in [-0.25, -0.2) is 0 Å². The minimum Gasteiger partial charge on any atom is -0.378 e. The van der Waals surface area contributed by atoms with E-state index in [1.165, 1.54) is 25.7 Å². The first-order chi connectivity index (χ1) is 5.35. The molecule has 68 valence electrons. The third-order valence-corrected chi connectivity index (χ3v) is 1.92. The van der Waals surface area contributed by atoms with E-state index < -0.39 is 0 Å². The molecule has 0 N–H and O–H groups in total. The highest BCUT2D eigenvalue weighted by atomic mass is 16.5. The first-order valence-electron chi connectivity index (χ1n) is 4.96. The van der Waals surface area contributed by atoms with Gasteiger partial charge in [0, 0.05) is 6.61 Å². The zero-order valence-electron chi connectivity index (χ0n) is 8.23. The minimum absolute atomic E-state index is 0.520. The van der Waals surface area contributed by atoms with Gasteiger partial charge in [-0.2, -0.15) is 0 Å². The van der Waals surface area contributed by atoms with E-state index in [4.69, 9.17) is 4.74 Å². The van der Waals surface area contributed by atoms with E-state index in [-0.39, 0.29) is 0 Å². The van der Waals surface area contributed by atoms with Crippen molar-refractivity contribution < 1.29 is 4.74 Å².